The van der Waals surface area contributed by atoms with Crippen LogP contribution < -0.4 is 14.8 Å². The summed E-state index contributed by atoms with van der Waals surface area (Å²) in [5.74, 6) is 1.01. The number of nitrogens with one attached hydrogen (secondary N) is 1. The highest BCUT2D eigenvalue weighted by Gasteiger charge is 2.13. The van der Waals surface area contributed by atoms with E-state index in [0.717, 1.165) is 14.7 Å². The normalized spacial score (nSPS) is 10.3. The number of aromatic nitrogens is 1. The van der Waals surface area contributed by atoms with Crippen LogP contribution in [0.3, 0.4) is 0 Å². The number of nitrogens with zero attached hydrogens (tertiary/aromatic N) is 1. The van der Waals surface area contributed by atoms with Crippen molar-refractivity contribution in [1.29, 1.82) is 0 Å². The van der Waals surface area contributed by atoms with Crippen molar-refractivity contribution >= 4 is 34.2 Å². The van der Waals surface area contributed by atoms with Crippen LogP contribution in [0.4, 0.5) is 5.69 Å². The fourth-order valence-corrected chi connectivity index (χ4v) is 3.13. The molecule has 1 heterocycles. The van der Waals surface area contributed by atoms with Crippen LogP contribution in [0.1, 0.15) is 21.5 Å². The third kappa shape index (κ3) is 4.77. The monoisotopic (exact) mass is 474 g/mol. The Morgan fingerprint density at radius 2 is 1.89 bits per heavy atom. The molecule has 0 unspecified atom stereocenters. The van der Waals surface area contributed by atoms with E-state index in [0.29, 0.717) is 29.4 Å². The number of anilines is 1. The van der Waals surface area contributed by atoms with Gasteiger partial charge in [0.25, 0.3) is 5.91 Å². The number of pyridine rings is 1. The minimum Gasteiger partial charge on any atom is -0.493 e. The van der Waals surface area contributed by atoms with Gasteiger partial charge in [-0.05, 0) is 71.0 Å². The Balaban J connectivity index is 1.78. The second kappa shape index (κ2) is 8.85. The summed E-state index contributed by atoms with van der Waals surface area (Å²) in [7, 11) is 1.59. The van der Waals surface area contributed by atoms with Gasteiger partial charge in [-0.3, -0.25) is 9.78 Å². The first-order valence-corrected chi connectivity index (χ1v) is 9.42. The van der Waals surface area contributed by atoms with Gasteiger partial charge in [0.05, 0.1) is 12.7 Å². The Hall–Kier alpha value is -2.61. The summed E-state index contributed by atoms with van der Waals surface area (Å²) in [6.07, 6.45) is 3.44. The number of ether oxygens (including phenoxy) is 2. The third-order valence-electron chi connectivity index (χ3n) is 4.00. The highest BCUT2D eigenvalue weighted by molar-refractivity contribution is 14.1. The molecule has 0 atom stereocenters. The maximum Gasteiger partial charge on any atom is 0.256 e. The van der Waals surface area contributed by atoms with Crippen molar-refractivity contribution in [2.24, 2.45) is 0 Å². The lowest BCUT2D eigenvalue weighted by Gasteiger charge is -2.13. The number of halogens is 1. The van der Waals surface area contributed by atoms with E-state index in [2.05, 4.69) is 32.9 Å². The zero-order chi connectivity index (χ0) is 19.2. The first-order chi connectivity index (χ1) is 13.1. The molecule has 0 bridgehead atoms. The number of amides is 1. The van der Waals surface area contributed by atoms with Gasteiger partial charge in [0, 0.05) is 27.7 Å². The SMILES string of the molecule is COc1ccc(NC(=O)c2cccc(C)c2I)cc1OCc1ccncc1. The lowest BCUT2D eigenvalue weighted by molar-refractivity contribution is 0.102. The molecule has 0 spiro atoms. The molecule has 1 amide bonds. The van der Waals surface area contributed by atoms with E-state index in [-0.39, 0.29) is 5.91 Å². The maximum atomic E-state index is 12.6. The van der Waals surface area contributed by atoms with Crippen LogP contribution in [0.2, 0.25) is 0 Å². The molecule has 0 radical (unpaired) electrons. The molecule has 0 aliphatic heterocycles. The fraction of sp³-hybridized carbons (Fsp3) is 0.143. The summed E-state index contributed by atoms with van der Waals surface area (Å²) in [4.78, 5) is 16.6. The molecule has 138 valence electrons. The highest BCUT2D eigenvalue weighted by Crippen LogP contribution is 2.31. The molecule has 3 rings (SSSR count). The van der Waals surface area contributed by atoms with Gasteiger partial charge in [0.1, 0.15) is 6.61 Å². The zero-order valence-electron chi connectivity index (χ0n) is 15.0. The smallest absolute Gasteiger partial charge is 0.256 e. The molecular formula is C21H19IN2O3. The molecule has 27 heavy (non-hydrogen) atoms. The second-order valence-corrected chi connectivity index (χ2v) is 6.98. The number of rotatable bonds is 6. The standard InChI is InChI=1S/C21H19IN2O3/c1-14-4-3-5-17(20(14)22)21(25)24-16-6-7-18(26-2)19(12-16)27-13-15-8-10-23-11-9-15/h3-12H,13H2,1-2H3,(H,24,25). The second-order valence-electron chi connectivity index (χ2n) is 5.90. The van der Waals surface area contributed by atoms with Gasteiger partial charge in [-0.15, -0.1) is 0 Å². The Bertz CT molecular complexity index is 945. The third-order valence-corrected chi connectivity index (χ3v) is 5.43. The number of hydrogen-bond acceptors (Lipinski definition) is 4. The number of aryl methyl sites for hydroxylation is 1. The van der Waals surface area contributed by atoms with Crippen molar-refractivity contribution in [3.63, 3.8) is 0 Å². The van der Waals surface area contributed by atoms with Crippen LogP contribution in [0, 0.1) is 10.5 Å². The molecule has 0 aliphatic rings. The van der Waals surface area contributed by atoms with Gasteiger partial charge in [-0.1, -0.05) is 12.1 Å². The van der Waals surface area contributed by atoms with Crippen molar-refractivity contribution in [3.8, 4) is 11.5 Å². The van der Waals surface area contributed by atoms with Crippen LogP contribution in [-0.2, 0) is 6.61 Å². The lowest BCUT2D eigenvalue weighted by atomic mass is 10.1. The first-order valence-electron chi connectivity index (χ1n) is 8.34. The topological polar surface area (TPSA) is 60.5 Å². The average molecular weight is 474 g/mol. The molecule has 5 nitrogen and oxygen atoms in total. The molecule has 2 aromatic carbocycles. The van der Waals surface area contributed by atoms with E-state index in [1.54, 1.807) is 37.7 Å². The van der Waals surface area contributed by atoms with Gasteiger partial charge in [-0.25, -0.2) is 0 Å². The summed E-state index contributed by atoms with van der Waals surface area (Å²) in [6, 6.07) is 14.8. The number of methoxy groups -OCH3 is 1. The van der Waals surface area contributed by atoms with Crippen molar-refractivity contribution in [3.05, 3.63) is 81.2 Å². The van der Waals surface area contributed by atoms with Crippen molar-refractivity contribution in [1.82, 2.24) is 4.98 Å². The Morgan fingerprint density at radius 1 is 1.11 bits per heavy atom. The first kappa shape index (κ1) is 19.2. The van der Waals surface area contributed by atoms with Crippen LogP contribution >= 0.6 is 22.6 Å². The van der Waals surface area contributed by atoms with E-state index in [1.165, 1.54) is 0 Å². The summed E-state index contributed by atoms with van der Waals surface area (Å²) in [6.45, 7) is 2.36. The summed E-state index contributed by atoms with van der Waals surface area (Å²) in [5.41, 5.74) is 3.35. The van der Waals surface area contributed by atoms with Crippen molar-refractivity contribution < 1.29 is 14.3 Å². The number of carbonyl (C=O) groups excluding carboxylic acids is 1. The van der Waals surface area contributed by atoms with Crippen LogP contribution in [0.15, 0.2) is 60.9 Å². The fourth-order valence-electron chi connectivity index (χ4n) is 2.53. The number of hydrogen-bond donors (Lipinski definition) is 1. The zero-order valence-corrected chi connectivity index (χ0v) is 17.2. The molecule has 1 N–H and O–H groups in total. The van der Waals surface area contributed by atoms with Gasteiger partial charge in [-0.2, -0.15) is 0 Å². The predicted molar refractivity (Wildman–Crippen MR) is 113 cm³/mol. The van der Waals surface area contributed by atoms with Crippen LogP contribution in [0.5, 0.6) is 11.5 Å². The average Bonchev–Trinajstić information content (AvgIpc) is 2.69. The summed E-state index contributed by atoms with van der Waals surface area (Å²) >= 11 is 2.19. The molecule has 0 saturated heterocycles. The van der Waals surface area contributed by atoms with Crippen LogP contribution in [-0.4, -0.2) is 18.0 Å². The van der Waals surface area contributed by atoms with E-state index in [1.807, 2.05) is 37.3 Å². The minimum absolute atomic E-state index is 0.159. The Morgan fingerprint density at radius 3 is 2.63 bits per heavy atom. The van der Waals surface area contributed by atoms with E-state index in [4.69, 9.17) is 9.47 Å². The predicted octanol–water partition coefficient (Wildman–Crippen LogP) is 4.83. The molecule has 0 fully saturated rings. The van der Waals surface area contributed by atoms with Crippen LogP contribution in [0.25, 0.3) is 0 Å². The minimum atomic E-state index is -0.159. The number of benzene rings is 2. The maximum absolute atomic E-state index is 12.6. The van der Waals surface area contributed by atoms with E-state index < -0.39 is 0 Å². The van der Waals surface area contributed by atoms with E-state index >= 15 is 0 Å². The largest absolute Gasteiger partial charge is 0.493 e. The highest BCUT2D eigenvalue weighted by atomic mass is 127. The molecule has 3 aromatic rings. The molecule has 0 aliphatic carbocycles. The lowest BCUT2D eigenvalue weighted by Crippen LogP contribution is -2.14. The molecule has 6 heteroatoms. The quantitative estimate of drug-likeness (QED) is 0.520. The Kier molecular flexibility index (Phi) is 6.28. The van der Waals surface area contributed by atoms with Crippen molar-refractivity contribution in [2.45, 2.75) is 13.5 Å². The summed E-state index contributed by atoms with van der Waals surface area (Å²) in [5, 5.41) is 2.93. The van der Waals surface area contributed by atoms with E-state index in [9.17, 15) is 4.79 Å². The molecule has 0 saturated carbocycles. The Labute approximate surface area is 171 Å². The van der Waals surface area contributed by atoms with Gasteiger partial charge in [0.2, 0.25) is 0 Å². The van der Waals surface area contributed by atoms with Gasteiger partial charge >= 0.3 is 0 Å². The van der Waals surface area contributed by atoms with Gasteiger partial charge in [0.15, 0.2) is 11.5 Å². The van der Waals surface area contributed by atoms with Crippen molar-refractivity contribution in [2.75, 3.05) is 12.4 Å². The molecule has 1 aromatic heterocycles. The number of carbonyl (C=O) groups is 1. The van der Waals surface area contributed by atoms with Gasteiger partial charge < -0.3 is 14.8 Å². The molecular weight excluding hydrogens is 455 g/mol. The summed E-state index contributed by atoms with van der Waals surface area (Å²) < 4.78 is 12.2.